The van der Waals surface area contributed by atoms with Gasteiger partial charge < -0.3 is 20.5 Å². The van der Waals surface area contributed by atoms with Crippen molar-refractivity contribution in [2.45, 2.75) is 77.9 Å². The maximum atomic E-state index is 14.0. The summed E-state index contributed by atoms with van der Waals surface area (Å²) in [7, 11) is 1.57. The SMILES string of the molecule is CC(C)=CCn1c(N2CCCC(N)C2)nc2c1c(=O)n(CC(=O)c1ccccc1NC(=O)C13CCC(CC1)C3)c(=O)n2C. The number of amides is 1. The Morgan fingerprint density at radius 1 is 1.12 bits per heavy atom. The standard InChI is InChI=1S/C32H41N7O4/c1-20(2)12-16-38-26-27(35-30(38)37-15-6-7-22(33)18-37)36(3)31(43)39(28(26)41)19-25(40)23-8-4-5-9-24(23)34-29(42)32-13-10-21(17-32)11-14-32/h4-5,8-9,12,21-22H,6-7,10-11,13-19,33H2,1-3H3,(H,34,42). The lowest BCUT2D eigenvalue weighted by molar-refractivity contribution is -0.125. The summed E-state index contributed by atoms with van der Waals surface area (Å²) >= 11 is 0. The normalized spacial score (nSPS) is 23.1. The van der Waals surface area contributed by atoms with Gasteiger partial charge >= 0.3 is 5.69 Å². The molecule has 43 heavy (non-hydrogen) atoms. The van der Waals surface area contributed by atoms with E-state index in [1.165, 1.54) is 4.57 Å². The lowest BCUT2D eigenvalue weighted by Gasteiger charge is -2.31. The van der Waals surface area contributed by atoms with Crippen LogP contribution < -0.4 is 27.2 Å². The predicted molar refractivity (Wildman–Crippen MR) is 166 cm³/mol. The van der Waals surface area contributed by atoms with Gasteiger partial charge in [-0.1, -0.05) is 23.8 Å². The number of carbonyl (C=O) groups is 2. The Balaban J connectivity index is 1.37. The summed E-state index contributed by atoms with van der Waals surface area (Å²) in [5.41, 5.74) is 7.00. The molecule has 3 fully saturated rings. The van der Waals surface area contributed by atoms with Gasteiger partial charge in [0.25, 0.3) is 5.56 Å². The van der Waals surface area contributed by atoms with Gasteiger partial charge in [-0.05, 0) is 76.8 Å². The molecular weight excluding hydrogens is 546 g/mol. The van der Waals surface area contributed by atoms with E-state index in [1.807, 2.05) is 24.5 Å². The van der Waals surface area contributed by atoms with Gasteiger partial charge in [0.1, 0.15) is 0 Å². The quantitative estimate of drug-likeness (QED) is 0.305. The lowest BCUT2D eigenvalue weighted by Crippen LogP contribution is -2.44. The average Bonchev–Trinajstić information content (AvgIpc) is 3.72. The number of imidazole rings is 1. The highest BCUT2D eigenvalue weighted by Gasteiger charge is 2.50. The third-order valence-corrected chi connectivity index (χ3v) is 9.64. The molecule has 2 saturated carbocycles. The zero-order valence-electron chi connectivity index (χ0n) is 25.3. The maximum absolute atomic E-state index is 14.0. The smallest absolute Gasteiger partial charge is 0.332 e. The second-order valence-electron chi connectivity index (χ2n) is 12.9. The Morgan fingerprint density at radius 3 is 2.53 bits per heavy atom. The van der Waals surface area contributed by atoms with E-state index in [0.717, 1.165) is 61.6 Å². The predicted octanol–water partition coefficient (Wildman–Crippen LogP) is 3.19. The van der Waals surface area contributed by atoms with Crippen molar-refractivity contribution in [2.75, 3.05) is 23.3 Å². The summed E-state index contributed by atoms with van der Waals surface area (Å²) in [6.45, 7) is 5.24. The number of fused-ring (bicyclic) bond motifs is 3. The van der Waals surface area contributed by atoms with Crippen LogP contribution in [0.4, 0.5) is 11.6 Å². The number of carbonyl (C=O) groups excluding carboxylic acids is 2. The second-order valence-corrected chi connectivity index (χ2v) is 12.9. The van der Waals surface area contributed by atoms with Gasteiger partial charge in [0.05, 0.1) is 12.2 Å². The van der Waals surface area contributed by atoms with Gasteiger partial charge in [-0.3, -0.25) is 23.5 Å². The first-order chi connectivity index (χ1) is 20.6. The Hall–Kier alpha value is -3.99. The first-order valence-corrected chi connectivity index (χ1v) is 15.4. The number of aromatic nitrogens is 4. The van der Waals surface area contributed by atoms with Crippen LogP contribution in [0.15, 0.2) is 45.5 Å². The van der Waals surface area contributed by atoms with E-state index >= 15 is 0 Å². The molecule has 6 rings (SSSR count). The number of allylic oxidation sites excluding steroid dienone is 2. The minimum absolute atomic E-state index is 0.00695. The molecular formula is C32H41N7O4. The summed E-state index contributed by atoms with van der Waals surface area (Å²) in [5, 5.41) is 3.02. The molecule has 0 radical (unpaired) electrons. The van der Waals surface area contributed by atoms with Crippen molar-refractivity contribution in [1.29, 1.82) is 0 Å². The molecule has 3 aliphatic rings. The van der Waals surface area contributed by atoms with E-state index in [0.29, 0.717) is 30.6 Å². The first-order valence-electron chi connectivity index (χ1n) is 15.4. The van der Waals surface area contributed by atoms with Gasteiger partial charge in [-0.2, -0.15) is 4.98 Å². The third-order valence-electron chi connectivity index (χ3n) is 9.64. The molecule has 11 heteroatoms. The molecule has 1 unspecified atom stereocenters. The van der Waals surface area contributed by atoms with Crippen LogP contribution in [-0.4, -0.2) is 49.5 Å². The van der Waals surface area contributed by atoms with E-state index < -0.39 is 23.6 Å². The molecule has 1 aliphatic heterocycles. The molecule has 1 amide bonds. The van der Waals surface area contributed by atoms with Gasteiger partial charge in [-0.25, -0.2) is 4.79 Å². The van der Waals surface area contributed by atoms with Gasteiger partial charge in [-0.15, -0.1) is 0 Å². The largest absolute Gasteiger partial charge is 0.341 e. The van der Waals surface area contributed by atoms with Crippen LogP contribution in [0.2, 0.25) is 0 Å². The summed E-state index contributed by atoms with van der Waals surface area (Å²) < 4.78 is 4.14. The number of rotatable bonds is 8. The molecule has 2 bridgehead atoms. The molecule has 3 aromatic rings. The summed E-state index contributed by atoms with van der Waals surface area (Å²) in [6.07, 6.45) is 8.60. The summed E-state index contributed by atoms with van der Waals surface area (Å²) in [6, 6.07) is 6.82. The van der Waals surface area contributed by atoms with Crippen LogP contribution in [0.3, 0.4) is 0 Å². The van der Waals surface area contributed by atoms with Crippen LogP contribution >= 0.6 is 0 Å². The molecule has 11 nitrogen and oxygen atoms in total. The molecule has 0 spiro atoms. The van der Waals surface area contributed by atoms with Crippen molar-refractivity contribution >= 4 is 34.5 Å². The number of anilines is 2. The monoisotopic (exact) mass is 587 g/mol. The highest BCUT2D eigenvalue weighted by molar-refractivity contribution is 6.06. The van der Waals surface area contributed by atoms with Gasteiger partial charge in [0.15, 0.2) is 16.9 Å². The molecule has 2 aromatic heterocycles. The Labute approximate surface area is 250 Å². The van der Waals surface area contributed by atoms with E-state index in [9.17, 15) is 19.2 Å². The van der Waals surface area contributed by atoms with E-state index in [-0.39, 0.29) is 34.1 Å². The lowest BCUT2D eigenvalue weighted by atomic mass is 9.83. The fourth-order valence-corrected chi connectivity index (χ4v) is 7.21. The van der Waals surface area contributed by atoms with E-state index in [4.69, 9.17) is 10.7 Å². The molecule has 3 heterocycles. The van der Waals surface area contributed by atoms with Gasteiger partial charge in [0, 0.05) is 43.7 Å². The number of nitrogens with two attached hydrogens (primary N) is 1. The Kier molecular flexibility index (Phi) is 7.62. The number of aryl methyl sites for hydroxylation is 1. The fourth-order valence-electron chi connectivity index (χ4n) is 7.21. The van der Waals surface area contributed by atoms with Crippen molar-refractivity contribution in [2.24, 2.45) is 24.1 Å². The van der Waals surface area contributed by atoms with Crippen molar-refractivity contribution in [3.8, 4) is 0 Å². The average molecular weight is 588 g/mol. The van der Waals surface area contributed by atoms with Crippen LogP contribution in [0.25, 0.3) is 11.2 Å². The van der Waals surface area contributed by atoms with Crippen molar-refractivity contribution in [3.63, 3.8) is 0 Å². The highest BCUT2D eigenvalue weighted by Crippen LogP contribution is 2.54. The number of hydrogen-bond acceptors (Lipinski definition) is 7. The molecule has 1 saturated heterocycles. The Morgan fingerprint density at radius 2 is 1.86 bits per heavy atom. The van der Waals surface area contributed by atoms with Crippen LogP contribution in [0.5, 0.6) is 0 Å². The molecule has 228 valence electrons. The second kappa shape index (κ2) is 11.3. The topological polar surface area (TPSA) is 137 Å². The minimum Gasteiger partial charge on any atom is -0.341 e. The third kappa shape index (κ3) is 5.24. The maximum Gasteiger partial charge on any atom is 0.332 e. The molecule has 3 N–H and O–H groups in total. The number of ketones is 1. The number of nitrogens with zero attached hydrogens (tertiary/aromatic N) is 5. The van der Waals surface area contributed by atoms with Crippen LogP contribution in [0, 0.1) is 11.3 Å². The van der Waals surface area contributed by atoms with Gasteiger partial charge in [0.2, 0.25) is 11.9 Å². The highest BCUT2D eigenvalue weighted by atomic mass is 16.2. The zero-order valence-corrected chi connectivity index (χ0v) is 25.3. The number of benzene rings is 1. The molecule has 1 aromatic carbocycles. The number of Topliss-reactive ketones (excluding diaryl/α,β-unsaturated/α-hetero) is 1. The van der Waals surface area contributed by atoms with Crippen molar-refractivity contribution in [3.05, 3.63) is 62.3 Å². The molecule has 2 aliphatic carbocycles. The van der Waals surface area contributed by atoms with E-state index in [1.54, 1.807) is 31.3 Å². The fraction of sp³-hybridized carbons (Fsp3) is 0.531. The summed E-state index contributed by atoms with van der Waals surface area (Å²) in [5.74, 6) is 0.723. The van der Waals surface area contributed by atoms with E-state index in [2.05, 4.69) is 10.2 Å². The zero-order chi connectivity index (χ0) is 30.5. The number of para-hydroxylation sites is 1. The van der Waals surface area contributed by atoms with Crippen molar-refractivity contribution in [1.82, 2.24) is 18.7 Å². The minimum atomic E-state index is -0.622. The number of hydrogen-bond donors (Lipinski definition) is 2. The first kappa shape index (κ1) is 29.1. The number of piperidine rings is 1. The van der Waals surface area contributed by atoms with Crippen LogP contribution in [-0.2, 0) is 24.9 Å². The Bertz CT molecular complexity index is 1730. The molecule has 1 atom stereocenters. The van der Waals surface area contributed by atoms with Crippen molar-refractivity contribution < 1.29 is 9.59 Å². The number of nitrogens with one attached hydrogen (secondary N) is 1. The summed E-state index contributed by atoms with van der Waals surface area (Å²) in [4.78, 5) is 61.5. The van der Waals surface area contributed by atoms with Crippen LogP contribution in [0.1, 0.15) is 69.2 Å².